The van der Waals surface area contributed by atoms with Gasteiger partial charge in [0.1, 0.15) is 0 Å². The molecule has 4 saturated carbocycles. The van der Waals surface area contributed by atoms with Gasteiger partial charge in [-0.2, -0.15) is 0 Å². The third kappa shape index (κ3) is 1.92. The third-order valence-corrected chi connectivity index (χ3v) is 6.43. The van der Waals surface area contributed by atoms with Crippen LogP contribution in [0.4, 0.5) is 0 Å². The van der Waals surface area contributed by atoms with Gasteiger partial charge in [0.05, 0.1) is 0 Å². The van der Waals surface area contributed by atoms with Crippen LogP contribution in [0.25, 0.3) is 0 Å². The fourth-order valence-corrected chi connectivity index (χ4v) is 6.21. The number of likely N-dealkylation sites (tertiary alicyclic amines) is 1. The molecule has 1 heterocycles. The summed E-state index contributed by atoms with van der Waals surface area (Å²) >= 11 is 0. The summed E-state index contributed by atoms with van der Waals surface area (Å²) in [5.74, 6) is 4.09. The molecule has 5 aliphatic rings. The maximum atomic E-state index is 5.83. The minimum absolute atomic E-state index is 0.734. The highest BCUT2D eigenvalue weighted by Crippen LogP contribution is 2.60. The standard InChI is InChI=1S/C16H28N2/c17-9-12-1-2-18(10-12)11-16-6-13-3-14(7-16)5-15(4-13)8-16/h12-15H,1-11,17H2. The van der Waals surface area contributed by atoms with Crippen molar-refractivity contribution in [3.8, 4) is 0 Å². The number of hydrogen-bond acceptors (Lipinski definition) is 2. The molecule has 18 heavy (non-hydrogen) atoms. The van der Waals surface area contributed by atoms with E-state index in [4.69, 9.17) is 5.73 Å². The molecule has 0 aromatic heterocycles. The van der Waals surface area contributed by atoms with Gasteiger partial charge in [-0.1, -0.05) is 0 Å². The van der Waals surface area contributed by atoms with E-state index in [0.29, 0.717) is 0 Å². The smallest absolute Gasteiger partial charge is 0.00384 e. The summed E-state index contributed by atoms with van der Waals surface area (Å²) in [7, 11) is 0. The van der Waals surface area contributed by atoms with Gasteiger partial charge in [0.25, 0.3) is 0 Å². The Bertz CT molecular complexity index is 290. The fourth-order valence-electron chi connectivity index (χ4n) is 6.21. The highest BCUT2D eigenvalue weighted by atomic mass is 15.2. The van der Waals surface area contributed by atoms with E-state index < -0.39 is 0 Å². The molecule has 4 aliphatic carbocycles. The highest BCUT2D eigenvalue weighted by Gasteiger charge is 2.51. The molecule has 1 saturated heterocycles. The van der Waals surface area contributed by atoms with Crippen LogP contribution in [0.1, 0.15) is 44.9 Å². The van der Waals surface area contributed by atoms with Crippen LogP contribution in [0.3, 0.4) is 0 Å². The van der Waals surface area contributed by atoms with Crippen LogP contribution in [0.2, 0.25) is 0 Å². The molecule has 2 heteroatoms. The van der Waals surface area contributed by atoms with Crippen molar-refractivity contribution >= 4 is 0 Å². The van der Waals surface area contributed by atoms with Gasteiger partial charge in [0, 0.05) is 13.1 Å². The second-order valence-corrected chi connectivity index (χ2v) is 8.04. The lowest BCUT2D eigenvalue weighted by molar-refractivity contribution is -0.0668. The highest BCUT2D eigenvalue weighted by molar-refractivity contribution is 5.03. The van der Waals surface area contributed by atoms with Crippen molar-refractivity contribution in [1.82, 2.24) is 4.90 Å². The molecule has 0 radical (unpaired) electrons. The summed E-state index contributed by atoms with van der Waals surface area (Å²) in [6, 6.07) is 0. The minimum atomic E-state index is 0.734. The third-order valence-electron chi connectivity index (χ3n) is 6.43. The lowest BCUT2D eigenvalue weighted by Crippen LogP contribution is -2.51. The van der Waals surface area contributed by atoms with E-state index in [9.17, 15) is 0 Å². The van der Waals surface area contributed by atoms with Gasteiger partial charge in [0.2, 0.25) is 0 Å². The van der Waals surface area contributed by atoms with E-state index in [-0.39, 0.29) is 0 Å². The maximum absolute atomic E-state index is 5.83. The molecule has 1 aliphatic heterocycles. The van der Waals surface area contributed by atoms with E-state index in [2.05, 4.69) is 4.90 Å². The van der Waals surface area contributed by atoms with E-state index in [1.54, 1.807) is 38.5 Å². The first-order valence-corrected chi connectivity index (χ1v) is 8.17. The van der Waals surface area contributed by atoms with Crippen LogP contribution >= 0.6 is 0 Å². The van der Waals surface area contributed by atoms with E-state index in [0.717, 1.165) is 35.6 Å². The van der Waals surface area contributed by atoms with Crippen molar-refractivity contribution < 1.29 is 0 Å². The molecule has 2 N–H and O–H groups in total. The molecule has 0 aromatic carbocycles. The van der Waals surface area contributed by atoms with Crippen molar-refractivity contribution in [2.75, 3.05) is 26.2 Å². The van der Waals surface area contributed by atoms with Crippen molar-refractivity contribution in [2.24, 2.45) is 34.8 Å². The average Bonchev–Trinajstić information content (AvgIpc) is 2.74. The number of nitrogens with zero attached hydrogens (tertiary/aromatic N) is 1. The zero-order valence-corrected chi connectivity index (χ0v) is 11.6. The molecular weight excluding hydrogens is 220 g/mol. The quantitative estimate of drug-likeness (QED) is 0.831. The van der Waals surface area contributed by atoms with Gasteiger partial charge < -0.3 is 10.6 Å². The molecule has 0 spiro atoms. The number of hydrogen-bond donors (Lipinski definition) is 1. The van der Waals surface area contributed by atoms with E-state index in [1.807, 2.05) is 0 Å². The van der Waals surface area contributed by atoms with Crippen molar-refractivity contribution in [1.29, 1.82) is 0 Å². The molecule has 102 valence electrons. The Kier molecular flexibility index (Phi) is 2.74. The number of rotatable bonds is 3. The second-order valence-electron chi connectivity index (χ2n) is 8.04. The molecule has 0 aromatic rings. The Morgan fingerprint density at radius 2 is 1.61 bits per heavy atom. The van der Waals surface area contributed by atoms with Gasteiger partial charge in [0.15, 0.2) is 0 Å². The molecule has 4 bridgehead atoms. The van der Waals surface area contributed by atoms with Gasteiger partial charge in [-0.15, -0.1) is 0 Å². The molecule has 1 unspecified atom stereocenters. The second kappa shape index (κ2) is 4.21. The van der Waals surface area contributed by atoms with Gasteiger partial charge >= 0.3 is 0 Å². The van der Waals surface area contributed by atoms with Gasteiger partial charge in [-0.05, 0) is 87.1 Å². The van der Waals surface area contributed by atoms with E-state index >= 15 is 0 Å². The first kappa shape index (κ1) is 11.7. The largest absolute Gasteiger partial charge is 0.330 e. The van der Waals surface area contributed by atoms with Crippen molar-refractivity contribution in [3.05, 3.63) is 0 Å². The first-order chi connectivity index (χ1) is 8.75. The molecule has 5 fully saturated rings. The Labute approximate surface area is 111 Å². The Balaban J connectivity index is 1.45. The Morgan fingerprint density at radius 3 is 2.11 bits per heavy atom. The zero-order chi connectivity index (χ0) is 12.2. The van der Waals surface area contributed by atoms with E-state index in [1.165, 1.54) is 26.1 Å². The predicted octanol–water partition coefficient (Wildman–Crippen LogP) is 2.48. The van der Waals surface area contributed by atoms with Crippen LogP contribution in [0.5, 0.6) is 0 Å². The first-order valence-electron chi connectivity index (χ1n) is 8.17. The zero-order valence-electron chi connectivity index (χ0n) is 11.6. The number of nitrogens with two attached hydrogens (primary N) is 1. The van der Waals surface area contributed by atoms with Crippen LogP contribution in [0.15, 0.2) is 0 Å². The molecule has 0 amide bonds. The monoisotopic (exact) mass is 248 g/mol. The van der Waals surface area contributed by atoms with Crippen LogP contribution in [-0.4, -0.2) is 31.1 Å². The molecule has 1 atom stereocenters. The molecular formula is C16H28N2. The summed E-state index contributed by atoms with van der Waals surface area (Å²) in [5, 5.41) is 0. The Morgan fingerprint density at radius 1 is 1.00 bits per heavy atom. The normalized spacial score (nSPS) is 51.2. The predicted molar refractivity (Wildman–Crippen MR) is 74.2 cm³/mol. The lowest BCUT2D eigenvalue weighted by Gasteiger charge is -2.57. The topological polar surface area (TPSA) is 29.3 Å². The minimum Gasteiger partial charge on any atom is -0.330 e. The fraction of sp³-hybridized carbons (Fsp3) is 1.00. The lowest BCUT2D eigenvalue weighted by atomic mass is 9.49. The Hall–Kier alpha value is -0.0800. The summed E-state index contributed by atoms with van der Waals surface area (Å²) in [6.45, 7) is 4.92. The van der Waals surface area contributed by atoms with Crippen molar-refractivity contribution in [2.45, 2.75) is 44.9 Å². The summed E-state index contributed by atoms with van der Waals surface area (Å²) in [4.78, 5) is 2.75. The average molecular weight is 248 g/mol. The van der Waals surface area contributed by atoms with Crippen LogP contribution < -0.4 is 5.73 Å². The van der Waals surface area contributed by atoms with Gasteiger partial charge in [-0.3, -0.25) is 0 Å². The summed E-state index contributed by atoms with van der Waals surface area (Å²) < 4.78 is 0. The van der Waals surface area contributed by atoms with Crippen LogP contribution in [-0.2, 0) is 0 Å². The maximum Gasteiger partial charge on any atom is 0.00384 e. The molecule has 5 rings (SSSR count). The van der Waals surface area contributed by atoms with Gasteiger partial charge in [-0.25, -0.2) is 0 Å². The van der Waals surface area contributed by atoms with Crippen LogP contribution in [0, 0.1) is 29.1 Å². The molecule has 2 nitrogen and oxygen atoms in total. The SMILES string of the molecule is NCC1CCN(CC23CC4CC(CC(C4)C2)C3)C1. The summed E-state index contributed by atoms with van der Waals surface area (Å²) in [5.41, 5.74) is 6.56. The van der Waals surface area contributed by atoms with Crippen molar-refractivity contribution in [3.63, 3.8) is 0 Å². The summed E-state index contributed by atoms with van der Waals surface area (Å²) in [6.07, 6.45) is 10.7.